The van der Waals surface area contributed by atoms with Crippen molar-refractivity contribution in [1.29, 1.82) is 0 Å². The van der Waals surface area contributed by atoms with E-state index < -0.39 is 0 Å². The molecule has 12 aromatic carbocycles. The summed E-state index contributed by atoms with van der Waals surface area (Å²) in [5, 5.41) is 10.3. The van der Waals surface area contributed by atoms with E-state index in [1.165, 1.54) is 25.7 Å². The van der Waals surface area contributed by atoms with Crippen LogP contribution in [0.4, 0.5) is 0 Å². The van der Waals surface area contributed by atoms with Gasteiger partial charge in [0.15, 0.2) is 0 Å². The van der Waals surface area contributed by atoms with Gasteiger partial charge in [-0.05, 0) is 153 Å². The predicted molar refractivity (Wildman–Crippen MR) is 326 cm³/mol. The highest BCUT2D eigenvalue weighted by Crippen LogP contribution is 2.45. The summed E-state index contributed by atoms with van der Waals surface area (Å²) in [6.07, 6.45) is 1.96. The number of hydrogen-bond donors (Lipinski definition) is 0. The van der Waals surface area contributed by atoms with Crippen LogP contribution in [0, 0.1) is 0 Å². The van der Waals surface area contributed by atoms with E-state index in [-0.39, 0.29) is 0 Å². The van der Waals surface area contributed by atoms with Crippen LogP contribution in [-0.4, -0.2) is 23.3 Å². The van der Waals surface area contributed by atoms with Crippen LogP contribution in [0.25, 0.3) is 141 Å². The zero-order valence-electron chi connectivity index (χ0n) is 41.6. The highest BCUT2D eigenvalue weighted by atomic mass is 32.1. The first-order valence-electron chi connectivity index (χ1n) is 26.2. The third-order valence-electron chi connectivity index (χ3n) is 15.6. The summed E-state index contributed by atoms with van der Waals surface area (Å²) in [7, 11) is 0. The number of pyridine rings is 1. The standard InChI is InChI=1S/C71H45N5S/c1-5-21-47(22-6-1)73-61-33-14-15-34-62(61)74(48-23-7-2-8-24-48)66-43-58-54-32-20-40-72-70(54)60-45-68-67(75(49-25-9-3-10-26-49)63-35-16-17-36-64(63)76(68)50-27-11-4-12-28-50)44-59(60)56-41-46(38-39-52(56)57(58)42-65(66)73)51-30-19-31-55-53-29-13-18-37-69(53)77-71(51)55/h1-45H. The van der Waals surface area contributed by atoms with E-state index in [9.17, 15) is 0 Å². The third kappa shape index (κ3) is 6.69. The van der Waals surface area contributed by atoms with Crippen LogP contribution in [-0.2, 0) is 0 Å². The largest absolute Gasteiger partial charge is 0.306 e. The Morgan fingerprint density at radius 1 is 0.260 bits per heavy atom. The summed E-state index contributed by atoms with van der Waals surface area (Å²) >= 11 is 1.87. The Kier molecular flexibility index (Phi) is 9.74. The molecule has 4 aromatic heterocycles. The van der Waals surface area contributed by atoms with Crippen LogP contribution in [0.3, 0.4) is 0 Å². The van der Waals surface area contributed by atoms with Crippen LogP contribution < -0.4 is 0 Å². The normalized spacial score (nSPS) is 11.9. The first-order valence-corrected chi connectivity index (χ1v) is 27.0. The second-order valence-electron chi connectivity index (χ2n) is 19.9. The lowest BCUT2D eigenvalue weighted by Crippen LogP contribution is -2.08. The average molecular weight is 1000 g/mol. The number of para-hydroxylation sites is 8. The number of benzene rings is 11. The van der Waals surface area contributed by atoms with Gasteiger partial charge < -0.3 is 18.3 Å². The van der Waals surface area contributed by atoms with Gasteiger partial charge >= 0.3 is 0 Å². The van der Waals surface area contributed by atoms with Crippen LogP contribution in [0.2, 0.25) is 0 Å². The summed E-state index contributed by atoms with van der Waals surface area (Å²) in [5.41, 5.74) is 16.4. The van der Waals surface area contributed by atoms with Gasteiger partial charge in [-0.3, -0.25) is 4.98 Å². The van der Waals surface area contributed by atoms with Gasteiger partial charge in [0, 0.05) is 59.9 Å². The first kappa shape index (κ1) is 43.4. The molecule has 4 heterocycles. The molecular formula is C71H45N5S. The highest BCUT2D eigenvalue weighted by molar-refractivity contribution is 7.26. The molecule has 0 spiro atoms. The molecule has 0 radical (unpaired) electrons. The third-order valence-corrected chi connectivity index (χ3v) is 16.9. The van der Waals surface area contributed by atoms with Gasteiger partial charge in [-0.25, -0.2) is 0 Å². The van der Waals surface area contributed by atoms with Crippen molar-refractivity contribution in [3.8, 4) is 33.9 Å². The topological polar surface area (TPSA) is 32.6 Å². The Morgan fingerprint density at radius 2 is 0.662 bits per heavy atom. The van der Waals surface area contributed by atoms with Crippen LogP contribution in [0.15, 0.2) is 273 Å². The minimum absolute atomic E-state index is 0.926. The van der Waals surface area contributed by atoms with Crippen molar-refractivity contribution in [3.05, 3.63) is 273 Å². The van der Waals surface area contributed by atoms with E-state index in [4.69, 9.17) is 4.98 Å². The highest BCUT2D eigenvalue weighted by Gasteiger charge is 2.21. The Bertz CT molecular complexity index is 5070. The second kappa shape index (κ2) is 17.3. The molecule has 0 unspecified atom stereocenters. The maximum absolute atomic E-state index is 5.48. The Morgan fingerprint density at radius 3 is 1.18 bits per heavy atom. The minimum Gasteiger partial charge on any atom is -0.306 e. The molecule has 0 fully saturated rings. The van der Waals surface area contributed by atoms with Crippen molar-refractivity contribution in [3.63, 3.8) is 0 Å². The van der Waals surface area contributed by atoms with Gasteiger partial charge in [-0.2, -0.15) is 0 Å². The summed E-state index contributed by atoms with van der Waals surface area (Å²) < 4.78 is 12.3. The van der Waals surface area contributed by atoms with Crippen molar-refractivity contribution in [2.75, 3.05) is 0 Å². The minimum atomic E-state index is 0.926. The van der Waals surface area contributed by atoms with Gasteiger partial charge in [-0.15, -0.1) is 11.3 Å². The molecule has 0 saturated carbocycles. The second-order valence-corrected chi connectivity index (χ2v) is 20.9. The monoisotopic (exact) mass is 999 g/mol. The molecule has 0 saturated heterocycles. The molecule has 0 bridgehead atoms. The van der Waals surface area contributed by atoms with Gasteiger partial charge in [0.1, 0.15) is 0 Å². The number of nitrogens with zero attached hydrogens (tertiary/aromatic N) is 5. The predicted octanol–water partition coefficient (Wildman–Crippen LogP) is 19.2. The van der Waals surface area contributed by atoms with Crippen LogP contribution in [0.1, 0.15) is 0 Å². The maximum Gasteiger partial charge on any atom is 0.0787 e. The molecule has 6 heteroatoms. The smallest absolute Gasteiger partial charge is 0.0787 e. The lowest BCUT2D eigenvalue weighted by Gasteiger charge is -2.24. The molecule has 0 aliphatic rings. The number of aromatic nitrogens is 5. The Labute approximate surface area is 446 Å². The van der Waals surface area contributed by atoms with E-state index >= 15 is 0 Å². The summed E-state index contributed by atoms with van der Waals surface area (Å²) in [4.78, 5) is 5.48. The molecule has 77 heavy (non-hydrogen) atoms. The molecular weight excluding hydrogens is 955 g/mol. The van der Waals surface area contributed by atoms with Gasteiger partial charge in [-0.1, -0.05) is 152 Å². The van der Waals surface area contributed by atoms with Crippen molar-refractivity contribution < 1.29 is 0 Å². The Hall–Kier alpha value is -10.0. The van der Waals surface area contributed by atoms with E-state index in [1.54, 1.807) is 0 Å². The van der Waals surface area contributed by atoms with Gasteiger partial charge in [0.05, 0.1) is 49.7 Å². The summed E-state index contributed by atoms with van der Waals surface area (Å²) in [5.74, 6) is 0. The summed E-state index contributed by atoms with van der Waals surface area (Å²) in [6.45, 7) is 0. The first-order chi connectivity index (χ1) is 38.2. The summed E-state index contributed by atoms with van der Waals surface area (Å²) in [6, 6.07) is 97.8. The lowest BCUT2D eigenvalue weighted by atomic mass is 9.92. The quantitative estimate of drug-likeness (QED) is 0.158. The Balaban J connectivity index is 1.17. The fourth-order valence-electron chi connectivity index (χ4n) is 12.3. The van der Waals surface area contributed by atoms with Gasteiger partial charge in [0.25, 0.3) is 0 Å². The van der Waals surface area contributed by atoms with E-state index in [0.29, 0.717) is 0 Å². The van der Waals surface area contributed by atoms with Crippen molar-refractivity contribution in [2.24, 2.45) is 0 Å². The van der Waals surface area contributed by atoms with Crippen molar-refractivity contribution in [1.82, 2.24) is 23.3 Å². The molecule has 0 aliphatic heterocycles. The molecule has 5 nitrogen and oxygen atoms in total. The molecule has 360 valence electrons. The number of hydrogen-bond acceptors (Lipinski definition) is 2. The van der Waals surface area contributed by atoms with E-state index in [2.05, 4.69) is 285 Å². The molecule has 0 amide bonds. The SMILES string of the molecule is c1ccc(-n2c3ccccc3n(-c3ccccc3)c3cc4c(cc32)c2ccc(-c3cccc5c3sc3ccccc35)cc2c2cc3c(cc2c2ncccc42)n(-c2ccccc2)c2ccccc2n3-c2ccccc2)cc1. The zero-order valence-corrected chi connectivity index (χ0v) is 42.4. The van der Waals surface area contributed by atoms with E-state index in [0.717, 1.165) is 116 Å². The number of rotatable bonds is 5. The fourth-order valence-corrected chi connectivity index (χ4v) is 13.6. The molecule has 0 aliphatic carbocycles. The molecule has 0 N–H and O–H groups in total. The van der Waals surface area contributed by atoms with Crippen molar-refractivity contribution >= 4 is 119 Å². The van der Waals surface area contributed by atoms with Crippen LogP contribution in [0.5, 0.6) is 0 Å². The average Bonchev–Trinajstić information content (AvgIpc) is 4.06. The van der Waals surface area contributed by atoms with E-state index in [1.807, 2.05) is 17.5 Å². The van der Waals surface area contributed by atoms with Crippen molar-refractivity contribution in [2.45, 2.75) is 0 Å². The molecule has 16 rings (SSSR count). The maximum atomic E-state index is 5.48. The molecule has 16 aromatic rings. The van der Waals surface area contributed by atoms with Crippen LogP contribution >= 0.6 is 11.3 Å². The van der Waals surface area contributed by atoms with Gasteiger partial charge in [0.2, 0.25) is 0 Å². The number of thiophene rings is 1. The zero-order chi connectivity index (χ0) is 50.6. The lowest BCUT2D eigenvalue weighted by molar-refractivity contribution is 1.09. The fraction of sp³-hybridized carbons (Fsp3) is 0. The number of fused-ring (bicyclic) bond motifs is 15. The molecule has 0 atom stereocenters.